The van der Waals surface area contributed by atoms with Crippen LogP contribution in [-0.2, 0) is 0 Å². The van der Waals surface area contributed by atoms with Crippen LogP contribution in [0.2, 0.25) is 0 Å². The van der Waals surface area contributed by atoms with Crippen LogP contribution in [0.1, 0.15) is 13.8 Å². The van der Waals surface area contributed by atoms with Gasteiger partial charge < -0.3 is 20.9 Å². The summed E-state index contributed by atoms with van der Waals surface area (Å²) in [5.74, 6) is 0.275. The first-order valence-corrected chi connectivity index (χ1v) is 8.18. The Morgan fingerprint density at radius 2 is 1.88 bits per heavy atom. The maximum Gasteiger partial charge on any atom is 0.220 e. The molecule has 4 N–H and O–H groups in total. The van der Waals surface area contributed by atoms with Crippen LogP contribution in [0.15, 0.2) is 30.7 Å². The molecule has 1 aliphatic rings. The molecule has 0 aromatic carbocycles. The average Bonchev–Trinajstić information content (AvgIpc) is 2.98. The molecule has 24 heavy (non-hydrogen) atoms. The van der Waals surface area contributed by atoms with Crippen molar-refractivity contribution in [3.8, 4) is 11.3 Å². The number of rotatable bonds is 2. The fourth-order valence-electron chi connectivity index (χ4n) is 3.55. The lowest BCUT2D eigenvalue weighted by Crippen LogP contribution is -2.54. The van der Waals surface area contributed by atoms with Crippen molar-refractivity contribution in [2.45, 2.75) is 25.9 Å². The fraction of sp³-hybridized carbons (Fsp3) is 0.353. The number of nitrogen functional groups attached to an aromatic ring is 1. The third kappa shape index (κ3) is 2.56. The topological polar surface area (TPSA) is 95.8 Å². The van der Waals surface area contributed by atoms with E-state index >= 15 is 0 Å². The number of hydrogen-bond acceptors (Lipinski definition) is 6. The number of pyridine rings is 1. The molecule has 0 amide bonds. The van der Waals surface area contributed by atoms with Gasteiger partial charge in [-0.15, -0.1) is 0 Å². The van der Waals surface area contributed by atoms with Crippen LogP contribution in [0.3, 0.4) is 0 Å². The highest BCUT2D eigenvalue weighted by molar-refractivity contribution is 6.02. The van der Waals surface area contributed by atoms with Gasteiger partial charge in [0.25, 0.3) is 0 Å². The molecule has 0 spiro atoms. The Hall–Kier alpha value is -2.67. The zero-order valence-corrected chi connectivity index (χ0v) is 13.8. The van der Waals surface area contributed by atoms with Crippen molar-refractivity contribution in [1.82, 2.24) is 25.3 Å². The maximum atomic E-state index is 5.76. The SMILES string of the molecule is CC1CN(c2ccnc3[nH]cc(-c4ccnc(N)n4)c23)CC(C)N1. The molecule has 1 fully saturated rings. The molecular weight excluding hydrogens is 302 g/mol. The fourth-order valence-corrected chi connectivity index (χ4v) is 3.55. The van der Waals surface area contributed by atoms with Crippen molar-refractivity contribution in [3.05, 3.63) is 30.7 Å². The van der Waals surface area contributed by atoms with Gasteiger partial charge in [-0.05, 0) is 26.0 Å². The highest BCUT2D eigenvalue weighted by Crippen LogP contribution is 2.34. The number of aromatic nitrogens is 4. The van der Waals surface area contributed by atoms with E-state index in [2.05, 4.69) is 50.1 Å². The van der Waals surface area contributed by atoms with E-state index < -0.39 is 0 Å². The summed E-state index contributed by atoms with van der Waals surface area (Å²) in [6, 6.07) is 4.83. The Balaban J connectivity index is 1.86. The smallest absolute Gasteiger partial charge is 0.220 e. The van der Waals surface area contributed by atoms with Crippen LogP contribution < -0.4 is 16.0 Å². The quantitative estimate of drug-likeness (QED) is 0.665. The molecule has 1 saturated heterocycles. The van der Waals surface area contributed by atoms with E-state index in [0.717, 1.165) is 35.4 Å². The van der Waals surface area contributed by atoms with Gasteiger partial charge in [-0.3, -0.25) is 0 Å². The van der Waals surface area contributed by atoms with Crippen molar-refractivity contribution in [2.75, 3.05) is 23.7 Å². The molecule has 7 heteroatoms. The number of anilines is 2. The highest BCUT2D eigenvalue weighted by atomic mass is 15.2. The number of aromatic amines is 1. The first-order valence-electron chi connectivity index (χ1n) is 8.18. The second-order valence-corrected chi connectivity index (χ2v) is 6.43. The van der Waals surface area contributed by atoms with Crippen molar-refractivity contribution >= 4 is 22.7 Å². The van der Waals surface area contributed by atoms with Crippen molar-refractivity contribution in [3.63, 3.8) is 0 Å². The second kappa shape index (κ2) is 5.76. The van der Waals surface area contributed by atoms with Crippen molar-refractivity contribution < 1.29 is 0 Å². The Bertz CT molecular complexity index is 862. The summed E-state index contributed by atoms with van der Waals surface area (Å²) in [6.07, 6.45) is 5.48. The maximum absolute atomic E-state index is 5.76. The van der Waals surface area contributed by atoms with Gasteiger partial charge in [0.2, 0.25) is 5.95 Å². The monoisotopic (exact) mass is 323 g/mol. The molecule has 3 aromatic rings. The van der Waals surface area contributed by atoms with Crippen molar-refractivity contribution in [1.29, 1.82) is 0 Å². The van der Waals surface area contributed by atoms with E-state index in [1.807, 2.05) is 18.5 Å². The van der Waals surface area contributed by atoms with Gasteiger partial charge >= 0.3 is 0 Å². The lowest BCUT2D eigenvalue weighted by atomic mass is 10.1. The summed E-state index contributed by atoms with van der Waals surface area (Å²) in [7, 11) is 0. The Morgan fingerprint density at radius 1 is 1.12 bits per heavy atom. The number of H-pyrrole nitrogens is 1. The predicted octanol–water partition coefficient (Wildman–Crippen LogP) is 1.79. The predicted molar refractivity (Wildman–Crippen MR) is 95.8 cm³/mol. The Morgan fingerprint density at radius 3 is 2.62 bits per heavy atom. The van der Waals surface area contributed by atoms with E-state index in [-0.39, 0.29) is 5.95 Å². The number of hydrogen-bond donors (Lipinski definition) is 3. The summed E-state index contributed by atoms with van der Waals surface area (Å²) >= 11 is 0. The summed E-state index contributed by atoms with van der Waals surface area (Å²) in [5, 5.41) is 4.65. The lowest BCUT2D eigenvalue weighted by Gasteiger charge is -2.38. The molecular formula is C17H21N7. The number of nitrogens with one attached hydrogen (secondary N) is 2. The molecule has 124 valence electrons. The number of nitrogens with two attached hydrogens (primary N) is 1. The highest BCUT2D eigenvalue weighted by Gasteiger charge is 2.24. The third-order valence-electron chi connectivity index (χ3n) is 4.40. The minimum atomic E-state index is 0.275. The van der Waals surface area contributed by atoms with Gasteiger partial charge in [0, 0.05) is 49.3 Å². The number of nitrogens with zero attached hydrogens (tertiary/aromatic N) is 4. The lowest BCUT2D eigenvalue weighted by molar-refractivity contribution is 0.407. The molecule has 4 rings (SSSR count). The Kier molecular flexibility index (Phi) is 3.57. The second-order valence-electron chi connectivity index (χ2n) is 6.43. The molecule has 2 atom stereocenters. The number of fused-ring (bicyclic) bond motifs is 1. The normalized spacial score (nSPS) is 21.3. The summed E-state index contributed by atoms with van der Waals surface area (Å²) in [4.78, 5) is 18.5. The summed E-state index contributed by atoms with van der Waals surface area (Å²) < 4.78 is 0. The van der Waals surface area contributed by atoms with Gasteiger partial charge in [0.1, 0.15) is 5.65 Å². The van der Waals surface area contributed by atoms with Gasteiger partial charge in [-0.25, -0.2) is 15.0 Å². The third-order valence-corrected chi connectivity index (χ3v) is 4.40. The minimum Gasteiger partial charge on any atom is -0.368 e. The average molecular weight is 323 g/mol. The van der Waals surface area contributed by atoms with Crippen LogP contribution in [0, 0.1) is 0 Å². The summed E-state index contributed by atoms with van der Waals surface area (Å²) in [6.45, 7) is 6.34. The van der Waals surface area contributed by atoms with Gasteiger partial charge in [0.15, 0.2) is 0 Å². The molecule has 0 radical (unpaired) electrons. The number of piperazine rings is 1. The van der Waals surface area contributed by atoms with Crippen molar-refractivity contribution in [2.24, 2.45) is 0 Å². The minimum absolute atomic E-state index is 0.275. The van der Waals surface area contributed by atoms with E-state index in [0.29, 0.717) is 12.1 Å². The molecule has 7 nitrogen and oxygen atoms in total. The molecule has 3 aromatic heterocycles. The van der Waals surface area contributed by atoms with E-state index in [9.17, 15) is 0 Å². The van der Waals surface area contributed by atoms with Crippen LogP contribution in [0.5, 0.6) is 0 Å². The molecule has 0 aliphatic carbocycles. The van der Waals surface area contributed by atoms with Crippen LogP contribution >= 0.6 is 0 Å². The molecule has 2 unspecified atom stereocenters. The largest absolute Gasteiger partial charge is 0.368 e. The Labute approximate surface area is 140 Å². The zero-order chi connectivity index (χ0) is 16.7. The van der Waals surface area contributed by atoms with E-state index in [4.69, 9.17) is 5.73 Å². The van der Waals surface area contributed by atoms with Crippen LogP contribution in [0.4, 0.5) is 11.6 Å². The summed E-state index contributed by atoms with van der Waals surface area (Å²) in [5.41, 5.74) is 9.60. The molecule has 0 bridgehead atoms. The standard InChI is InChI=1S/C17H21N7/c1-10-8-24(9-11(2)22-10)14-4-6-19-16-15(14)12(7-21-16)13-3-5-20-17(18)23-13/h3-7,10-11,22H,8-9H2,1-2H3,(H,19,21)(H2,18,20,23). The van der Waals surface area contributed by atoms with Gasteiger partial charge in [-0.1, -0.05) is 0 Å². The van der Waals surface area contributed by atoms with E-state index in [1.165, 1.54) is 5.69 Å². The first-order chi connectivity index (χ1) is 11.6. The van der Waals surface area contributed by atoms with E-state index in [1.54, 1.807) is 6.20 Å². The molecule has 1 aliphatic heterocycles. The van der Waals surface area contributed by atoms with Crippen LogP contribution in [0.25, 0.3) is 22.3 Å². The zero-order valence-electron chi connectivity index (χ0n) is 13.8. The van der Waals surface area contributed by atoms with Crippen LogP contribution in [-0.4, -0.2) is 45.1 Å². The van der Waals surface area contributed by atoms with Gasteiger partial charge in [0.05, 0.1) is 16.8 Å². The molecule has 0 saturated carbocycles. The first kappa shape index (κ1) is 14.9. The molecule has 4 heterocycles. The van der Waals surface area contributed by atoms with Gasteiger partial charge in [-0.2, -0.15) is 0 Å².